The molecule has 0 saturated carbocycles. The fraction of sp³-hybridized carbons (Fsp3) is 0.200. The third-order valence-electron chi connectivity index (χ3n) is 3.96. The molecule has 2 aromatic heterocycles. The van der Waals surface area contributed by atoms with E-state index in [-0.39, 0.29) is 6.04 Å². The molecule has 2 heterocycles. The second-order valence-electron chi connectivity index (χ2n) is 5.64. The molecule has 0 saturated heterocycles. The first-order valence-corrected chi connectivity index (χ1v) is 7.98. The lowest BCUT2D eigenvalue weighted by molar-refractivity contribution is 0.875. The van der Waals surface area contributed by atoms with Crippen LogP contribution in [0.3, 0.4) is 0 Å². The van der Waals surface area contributed by atoms with Crippen molar-refractivity contribution in [1.82, 2.24) is 9.97 Å². The summed E-state index contributed by atoms with van der Waals surface area (Å²) in [5.74, 6) is 0.879. The number of pyridine rings is 2. The zero-order chi connectivity index (χ0) is 16.1. The van der Waals surface area contributed by atoms with Crippen LogP contribution in [-0.2, 0) is 6.42 Å². The lowest BCUT2D eigenvalue weighted by Crippen LogP contribution is -2.07. The Morgan fingerprint density at radius 1 is 0.957 bits per heavy atom. The Morgan fingerprint density at radius 3 is 2.48 bits per heavy atom. The van der Waals surface area contributed by atoms with E-state index in [1.165, 1.54) is 11.1 Å². The monoisotopic (exact) mass is 303 g/mol. The highest BCUT2D eigenvalue weighted by molar-refractivity contribution is 5.63. The van der Waals surface area contributed by atoms with Crippen LogP contribution < -0.4 is 5.32 Å². The molecular formula is C20H21N3. The van der Waals surface area contributed by atoms with Gasteiger partial charge >= 0.3 is 0 Å². The van der Waals surface area contributed by atoms with Gasteiger partial charge in [-0.3, -0.25) is 4.98 Å². The predicted molar refractivity (Wildman–Crippen MR) is 95.3 cm³/mol. The molecule has 1 aromatic carbocycles. The summed E-state index contributed by atoms with van der Waals surface area (Å²) < 4.78 is 0. The Morgan fingerprint density at radius 2 is 1.78 bits per heavy atom. The fourth-order valence-electron chi connectivity index (χ4n) is 2.54. The van der Waals surface area contributed by atoms with Gasteiger partial charge < -0.3 is 5.32 Å². The molecule has 3 aromatic rings. The molecule has 0 spiro atoms. The molecule has 0 amide bonds. The van der Waals surface area contributed by atoms with Crippen molar-refractivity contribution in [3.63, 3.8) is 0 Å². The molecule has 3 heteroatoms. The van der Waals surface area contributed by atoms with Crippen molar-refractivity contribution in [1.29, 1.82) is 0 Å². The van der Waals surface area contributed by atoms with Crippen LogP contribution in [-0.4, -0.2) is 9.97 Å². The van der Waals surface area contributed by atoms with Gasteiger partial charge in [0.2, 0.25) is 0 Å². The number of anilines is 1. The maximum absolute atomic E-state index is 4.54. The van der Waals surface area contributed by atoms with Gasteiger partial charge in [-0.05, 0) is 42.7 Å². The summed E-state index contributed by atoms with van der Waals surface area (Å²) in [4.78, 5) is 8.84. The SMILES string of the molecule is CCc1cncc(-c2ccc(NC(C)c3ccccc3)nc2)c1. The molecule has 0 aliphatic carbocycles. The normalized spacial score (nSPS) is 11.9. The molecule has 116 valence electrons. The summed E-state index contributed by atoms with van der Waals surface area (Å²) in [7, 11) is 0. The Hall–Kier alpha value is -2.68. The van der Waals surface area contributed by atoms with E-state index in [0.29, 0.717) is 0 Å². The summed E-state index contributed by atoms with van der Waals surface area (Å²) >= 11 is 0. The molecule has 0 bridgehead atoms. The number of benzene rings is 1. The summed E-state index contributed by atoms with van der Waals surface area (Å²) in [6, 6.07) is 16.9. The van der Waals surface area contributed by atoms with Gasteiger partial charge in [0.25, 0.3) is 0 Å². The second kappa shape index (κ2) is 7.05. The Bertz CT molecular complexity index is 751. The molecule has 1 atom stereocenters. The first kappa shape index (κ1) is 15.2. The van der Waals surface area contributed by atoms with Crippen LogP contribution in [0.1, 0.15) is 31.0 Å². The lowest BCUT2D eigenvalue weighted by Gasteiger charge is -2.15. The first-order chi connectivity index (χ1) is 11.3. The Labute approximate surface area is 137 Å². The van der Waals surface area contributed by atoms with E-state index in [0.717, 1.165) is 23.4 Å². The van der Waals surface area contributed by atoms with Crippen molar-refractivity contribution >= 4 is 5.82 Å². The number of hydrogen-bond acceptors (Lipinski definition) is 3. The van der Waals surface area contributed by atoms with E-state index in [1.807, 2.05) is 30.7 Å². The van der Waals surface area contributed by atoms with E-state index in [9.17, 15) is 0 Å². The van der Waals surface area contributed by atoms with Gasteiger partial charge in [0, 0.05) is 35.8 Å². The van der Waals surface area contributed by atoms with Gasteiger partial charge in [-0.25, -0.2) is 4.98 Å². The van der Waals surface area contributed by atoms with E-state index < -0.39 is 0 Å². The summed E-state index contributed by atoms with van der Waals surface area (Å²) in [6.07, 6.45) is 6.68. The Balaban J connectivity index is 1.74. The third-order valence-corrected chi connectivity index (χ3v) is 3.96. The predicted octanol–water partition coefficient (Wildman–Crippen LogP) is 4.88. The maximum Gasteiger partial charge on any atom is 0.126 e. The highest BCUT2D eigenvalue weighted by Crippen LogP contribution is 2.22. The molecule has 0 aliphatic rings. The molecule has 3 nitrogen and oxygen atoms in total. The standard InChI is InChI=1S/C20H21N3/c1-3-16-11-19(13-21-12-16)18-9-10-20(22-14-18)23-15(2)17-7-5-4-6-8-17/h4-15H,3H2,1-2H3,(H,22,23). The average molecular weight is 303 g/mol. The topological polar surface area (TPSA) is 37.8 Å². The highest BCUT2D eigenvalue weighted by Gasteiger charge is 2.06. The maximum atomic E-state index is 4.54. The van der Waals surface area contributed by atoms with E-state index >= 15 is 0 Å². The molecule has 1 unspecified atom stereocenters. The summed E-state index contributed by atoms with van der Waals surface area (Å²) in [5.41, 5.74) is 4.69. The molecule has 1 N–H and O–H groups in total. The number of nitrogens with zero attached hydrogens (tertiary/aromatic N) is 2. The molecular weight excluding hydrogens is 282 g/mol. The zero-order valence-corrected chi connectivity index (χ0v) is 13.5. The average Bonchev–Trinajstić information content (AvgIpc) is 2.63. The van der Waals surface area contributed by atoms with Gasteiger partial charge in [-0.1, -0.05) is 37.3 Å². The number of hydrogen-bond donors (Lipinski definition) is 1. The van der Waals surface area contributed by atoms with Crippen molar-refractivity contribution in [2.75, 3.05) is 5.32 Å². The summed E-state index contributed by atoms with van der Waals surface area (Å²) in [5, 5.41) is 3.43. The van der Waals surface area contributed by atoms with Crippen LogP contribution in [0.2, 0.25) is 0 Å². The van der Waals surface area contributed by atoms with Crippen molar-refractivity contribution < 1.29 is 0 Å². The van der Waals surface area contributed by atoms with E-state index in [4.69, 9.17) is 0 Å². The third kappa shape index (κ3) is 3.75. The second-order valence-corrected chi connectivity index (χ2v) is 5.64. The molecule has 3 rings (SSSR count). The van der Waals surface area contributed by atoms with E-state index in [2.05, 4.69) is 65.5 Å². The fourth-order valence-corrected chi connectivity index (χ4v) is 2.54. The number of aromatic nitrogens is 2. The van der Waals surface area contributed by atoms with Crippen LogP contribution in [0, 0.1) is 0 Å². The van der Waals surface area contributed by atoms with Gasteiger partial charge in [0.05, 0.1) is 0 Å². The van der Waals surface area contributed by atoms with Crippen LogP contribution in [0.15, 0.2) is 67.1 Å². The zero-order valence-electron chi connectivity index (χ0n) is 13.5. The van der Waals surface area contributed by atoms with Gasteiger partial charge in [0.1, 0.15) is 5.82 Å². The smallest absolute Gasteiger partial charge is 0.126 e. The lowest BCUT2D eigenvalue weighted by atomic mass is 10.1. The van der Waals surface area contributed by atoms with Crippen LogP contribution >= 0.6 is 0 Å². The highest BCUT2D eigenvalue weighted by atomic mass is 15.0. The minimum Gasteiger partial charge on any atom is -0.364 e. The van der Waals surface area contributed by atoms with Crippen molar-refractivity contribution in [2.45, 2.75) is 26.3 Å². The molecule has 0 radical (unpaired) electrons. The number of nitrogens with one attached hydrogen (secondary N) is 1. The molecule has 0 aliphatic heterocycles. The summed E-state index contributed by atoms with van der Waals surface area (Å²) in [6.45, 7) is 4.27. The van der Waals surface area contributed by atoms with Crippen molar-refractivity contribution in [2.24, 2.45) is 0 Å². The van der Waals surface area contributed by atoms with Gasteiger partial charge in [-0.15, -0.1) is 0 Å². The van der Waals surface area contributed by atoms with Gasteiger partial charge in [-0.2, -0.15) is 0 Å². The number of aryl methyl sites for hydroxylation is 1. The first-order valence-electron chi connectivity index (χ1n) is 7.98. The molecule has 0 fully saturated rings. The van der Waals surface area contributed by atoms with Crippen LogP contribution in [0.25, 0.3) is 11.1 Å². The van der Waals surface area contributed by atoms with E-state index in [1.54, 1.807) is 0 Å². The number of rotatable bonds is 5. The quantitative estimate of drug-likeness (QED) is 0.730. The van der Waals surface area contributed by atoms with Gasteiger partial charge in [0.15, 0.2) is 0 Å². The van der Waals surface area contributed by atoms with Crippen molar-refractivity contribution in [3.05, 3.63) is 78.2 Å². The Kier molecular flexibility index (Phi) is 4.67. The van der Waals surface area contributed by atoms with Crippen LogP contribution in [0.4, 0.5) is 5.82 Å². The minimum atomic E-state index is 0.222. The largest absolute Gasteiger partial charge is 0.364 e. The minimum absolute atomic E-state index is 0.222. The van der Waals surface area contributed by atoms with Crippen LogP contribution in [0.5, 0.6) is 0 Å². The molecule has 23 heavy (non-hydrogen) atoms. The van der Waals surface area contributed by atoms with Crippen molar-refractivity contribution in [3.8, 4) is 11.1 Å².